The second-order valence-electron chi connectivity index (χ2n) is 3.79. The maximum absolute atomic E-state index is 10.3. The van der Waals surface area contributed by atoms with E-state index in [4.69, 9.17) is 10.6 Å². The van der Waals surface area contributed by atoms with E-state index in [2.05, 4.69) is 4.90 Å². The van der Waals surface area contributed by atoms with Crippen LogP contribution in [0.2, 0.25) is 0 Å². The van der Waals surface area contributed by atoms with Crippen LogP contribution in [0.15, 0.2) is 0 Å². The molecule has 1 aliphatic heterocycles. The SMILES string of the molecule is NC(=O)NOCC(O)CN1CCCCC1. The van der Waals surface area contributed by atoms with Crippen LogP contribution in [0, 0.1) is 0 Å². The molecule has 6 heteroatoms. The number of primary amides is 1. The van der Waals surface area contributed by atoms with Gasteiger partial charge in [0.05, 0.1) is 6.10 Å². The van der Waals surface area contributed by atoms with Gasteiger partial charge >= 0.3 is 6.03 Å². The average Bonchev–Trinajstić information content (AvgIpc) is 2.18. The number of nitrogens with one attached hydrogen (secondary N) is 1. The molecule has 1 rings (SSSR count). The summed E-state index contributed by atoms with van der Waals surface area (Å²) in [7, 11) is 0. The second-order valence-corrected chi connectivity index (χ2v) is 3.79. The van der Waals surface area contributed by atoms with Gasteiger partial charge in [-0.3, -0.25) is 4.84 Å². The number of β-amino-alcohol motifs (C(OH)–C–C–N with tert-alkyl or cyclic N) is 1. The van der Waals surface area contributed by atoms with Gasteiger partial charge in [0.15, 0.2) is 0 Å². The van der Waals surface area contributed by atoms with E-state index >= 15 is 0 Å². The van der Waals surface area contributed by atoms with Crippen molar-refractivity contribution in [1.29, 1.82) is 0 Å². The lowest BCUT2D eigenvalue weighted by atomic mass is 10.1. The number of hydrogen-bond donors (Lipinski definition) is 3. The van der Waals surface area contributed by atoms with E-state index in [1.165, 1.54) is 19.3 Å². The Kier molecular flexibility index (Phi) is 5.38. The van der Waals surface area contributed by atoms with E-state index in [0.717, 1.165) is 13.1 Å². The van der Waals surface area contributed by atoms with Crippen molar-refractivity contribution in [2.24, 2.45) is 5.73 Å². The third-order valence-electron chi connectivity index (χ3n) is 2.37. The first-order valence-electron chi connectivity index (χ1n) is 5.26. The van der Waals surface area contributed by atoms with Crippen molar-refractivity contribution in [2.75, 3.05) is 26.2 Å². The number of hydroxylamine groups is 1. The molecule has 1 saturated heterocycles. The van der Waals surface area contributed by atoms with Crippen LogP contribution in [0.3, 0.4) is 0 Å². The summed E-state index contributed by atoms with van der Waals surface area (Å²) in [6.45, 7) is 2.71. The smallest absolute Gasteiger partial charge is 0.336 e. The Bertz CT molecular complexity index is 195. The summed E-state index contributed by atoms with van der Waals surface area (Å²) in [6, 6.07) is -0.750. The van der Waals surface area contributed by atoms with Crippen LogP contribution in [-0.2, 0) is 4.84 Å². The molecule has 0 saturated carbocycles. The molecule has 0 bridgehead atoms. The highest BCUT2D eigenvalue weighted by atomic mass is 16.7. The van der Waals surface area contributed by atoms with E-state index in [9.17, 15) is 9.90 Å². The van der Waals surface area contributed by atoms with Gasteiger partial charge in [-0.15, -0.1) is 0 Å². The van der Waals surface area contributed by atoms with Crippen molar-refractivity contribution < 1.29 is 14.7 Å². The fourth-order valence-corrected chi connectivity index (χ4v) is 1.70. The van der Waals surface area contributed by atoms with Crippen LogP contribution in [0.5, 0.6) is 0 Å². The van der Waals surface area contributed by atoms with Crippen molar-refractivity contribution >= 4 is 6.03 Å². The van der Waals surface area contributed by atoms with Crippen molar-refractivity contribution in [3.63, 3.8) is 0 Å². The number of nitrogens with zero attached hydrogens (tertiary/aromatic N) is 1. The molecule has 1 unspecified atom stereocenters. The first-order valence-corrected chi connectivity index (χ1v) is 5.26. The van der Waals surface area contributed by atoms with Crippen LogP contribution < -0.4 is 11.2 Å². The Labute approximate surface area is 89.3 Å². The molecule has 0 spiro atoms. The number of urea groups is 1. The molecule has 1 aliphatic rings. The quantitative estimate of drug-likeness (QED) is 0.538. The van der Waals surface area contributed by atoms with Crippen LogP contribution in [0.1, 0.15) is 19.3 Å². The molecule has 1 heterocycles. The van der Waals surface area contributed by atoms with Crippen molar-refractivity contribution in [3.8, 4) is 0 Å². The van der Waals surface area contributed by atoms with Gasteiger partial charge in [-0.2, -0.15) is 0 Å². The molecule has 4 N–H and O–H groups in total. The van der Waals surface area contributed by atoms with Gasteiger partial charge in [-0.05, 0) is 25.9 Å². The van der Waals surface area contributed by atoms with Gasteiger partial charge in [0.1, 0.15) is 6.61 Å². The third-order valence-corrected chi connectivity index (χ3v) is 2.37. The number of likely N-dealkylation sites (tertiary alicyclic amines) is 1. The minimum Gasteiger partial charge on any atom is -0.389 e. The number of hydrogen-bond acceptors (Lipinski definition) is 4. The average molecular weight is 217 g/mol. The largest absolute Gasteiger partial charge is 0.389 e. The Hall–Kier alpha value is -0.850. The first-order chi connectivity index (χ1) is 7.18. The molecule has 0 aromatic rings. The molecule has 2 amide bonds. The van der Waals surface area contributed by atoms with Gasteiger partial charge in [0, 0.05) is 6.54 Å². The van der Waals surface area contributed by atoms with Crippen molar-refractivity contribution in [2.45, 2.75) is 25.4 Å². The lowest BCUT2D eigenvalue weighted by molar-refractivity contribution is -0.0163. The van der Waals surface area contributed by atoms with Gasteiger partial charge in [-0.1, -0.05) is 6.42 Å². The maximum Gasteiger partial charge on any atom is 0.336 e. The van der Waals surface area contributed by atoms with Gasteiger partial charge in [-0.25, -0.2) is 10.3 Å². The number of piperidine rings is 1. The normalized spacial score (nSPS) is 19.8. The summed E-state index contributed by atoms with van der Waals surface area (Å²) in [5.74, 6) is 0. The molecule has 1 fully saturated rings. The highest BCUT2D eigenvalue weighted by Gasteiger charge is 2.14. The lowest BCUT2D eigenvalue weighted by Crippen LogP contribution is -2.40. The number of carbonyl (C=O) groups excluding carboxylic acids is 1. The summed E-state index contributed by atoms with van der Waals surface area (Å²) < 4.78 is 0. The van der Waals surface area contributed by atoms with Gasteiger partial charge in [0.2, 0.25) is 0 Å². The number of rotatable bonds is 5. The third kappa shape index (κ3) is 5.56. The molecule has 6 nitrogen and oxygen atoms in total. The Morgan fingerprint density at radius 2 is 2.13 bits per heavy atom. The zero-order valence-electron chi connectivity index (χ0n) is 8.82. The van der Waals surface area contributed by atoms with Crippen molar-refractivity contribution in [1.82, 2.24) is 10.4 Å². The number of carbonyl (C=O) groups is 1. The minimum atomic E-state index is -0.750. The standard InChI is InChI=1S/C9H19N3O3/c10-9(14)11-15-7-8(13)6-12-4-2-1-3-5-12/h8,13H,1-7H2,(H3,10,11,14). The molecule has 88 valence electrons. The molecule has 1 atom stereocenters. The molecule has 0 aromatic heterocycles. The van der Waals surface area contributed by atoms with E-state index in [-0.39, 0.29) is 6.61 Å². The molecule has 15 heavy (non-hydrogen) atoms. The summed E-state index contributed by atoms with van der Waals surface area (Å²) in [5, 5.41) is 9.56. The highest BCUT2D eigenvalue weighted by molar-refractivity contribution is 5.70. The topological polar surface area (TPSA) is 87.8 Å². The summed E-state index contributed by atoms with van der Waals surface area (Å²) in [6.07, 6.45) is 3.06. The molecular formula is C9H19N3O3. The predicted octanol–water partition coefficient (Wildman–Crippen LogP) is -0.567. The van der Waals surface area contributed by atoms with E-state index in [0.29, 0.717) is 6.54 Å². The van der Waals surface area contributed by atoms with Crippen LogP contribution in [-0.4, -0.2) is 48.4 Å². The second kappa shape index (κ2) is 6.60. The zero-order valence-corrected chi connectivity index (χ0v) is 8.82. The maximum atomic E-state index is 10.3. The molecule has 0 radical (unpaired) electrons. The minimum absolute atomic E-state index is 0.0689. The fourth-order valence-electron chi connectivity index (χ4n) is 1.70. The van der Waals surface area contributed by atoms with E-state index in [1.807, 2.05) is 5.48 Å². The number of nitrogens with two attached hydrogens (primary N) is 1. The summed E-state index contributed by atoms with van der Waals surface area (Å²) >= 11 is 0. The Morgan fingerprint density at radius 3 is 2.73 bits per heavy atom. The van der Waals surface area contributed by atoms with Crippen LogP contribution >= 0.6 is 0 Å². The Balaban J connectivity index is 2.06. The zero-order chi connectivity index (χ0) is 11.1. The number of aliphatic hydroxyl groups is 1. The summed E-state index contributed by atoms with van der Waals surface area (Å²) in [4.78, 5) is 17.2. The summed E-state index contributed by atoms with van der Waals surface area (Å²) in [5.41, 5.74) is 6.77. The van der Waals surface area contributed by atoms with Gasteiger partial charge < -0.3 is 15.7 Å². The monoisotopic (exact) mass is 217 g/mol. The number of aliphatic hydroxyl groups excluding tert-OH is 1. The molecule has 0 aliphatic carbocycles. The van der Waals surface area contributed by atoms with E-state index in [1.54, 1.807) is 0 Å². The highest BCUT2D eigenvalue weighted by Crippen LogP contribution is 2.08. The Morgan fingerprint density at radius 1 is 1.47 bits per heavy atom. The first kappa shape index (κ1) is 12.2. The van der Waals surface area contributed by atoms with Gasteiger partial charge in [0.25, 0.3) is 0 Å². The number of amides is 2. The van der Waals surface area contributed by atoms with Crippen LogP contribution in [0.4, 0.5) is 4.79 Å². The van der Waals surface area contributed by atoms with Crippen LogP contribution in [0.25, 0.3) is 0 Å². The van der Waals surface area contributed by atoms with Crippen molar-refractivity contribution in [3.05, 3.63) is 0 Å². The van der Waals surface area contributed by atoms with E-state index < -0.39 is 12.1 Å². The molecular weight excluding hydrogens is 198 g/mol. The lowest BCUT2D eigenvalue weighted by Gasteiger charge is -2.28. The fraction of sp³-hybridized carbons (Fsp3) is 0.889. The predicted molar refractivity (Wildman–Crippen MR) is 55.0 cm³/mol. The molecule has 0 aromatic carbocycles.